The molecule has 0 amide bonds. The van der Waals surface area contributed by atoms with Crippen molar-refractivity contribution in [2.45, 2.75) is 4.90 Å². The van der Waals surface area contributed by atoms with Crippen molar-refractivity contribution in [1.29, 1.82) is 0 Å². The van der Waals surface area contributed by atoms with Gasteiger partial charge in [0.2, 0.25) is 0 Å². The summed E-state index contributed by atoms with van der Waals surface area (Å²) in [6.45, 7) is 0. The maximum absolute atomic E-state index is 10.2. The summed E-state index contributed by atoms with van der Waals surface area (Å²) in [4.78, 5) is 11.2. The van der Waals surface area contributed by atoms with E-state index in [2.05, 4.69) is 5.32 Å². The summed E-state index contributed by atoms with van der Waals surface area (Å²) in [5, 5.41) is 8.46. The number of hydrogen-bond donors (Lipinski definition) is 2. The van der Waals surface area contributed by atoms with Crippen LogP contribution in [0.5, 0.6) is 11.5 Å². The topological polar surface area (TPSA) is 73.6 Å². The monoisotopic (exact) mass is 320 g/mol. The molecule has 0 heterocycles. The van der Waals surface area contributed by atoms with E-state index in [-0.39, 0.29) is 0 Å². The van der Waals surface area contributed by atoms with E-state index in [9.17, 15) is 4.79 Å². The van der Waals surface area contributed by atoms with Gasteiger partial charge in [-0.25, -0.2) is 0 Å². The molecule has 0 unspecified atom stereocenters. The lowest BCUT2D eigenvalue weighted by molar-refractivity contribution is 0.112. The molecule has 0 aromatic heterocycles. The number of hydrogen-bond acceptors (Lipinski definition) is 6. The number of methoxy groups -OCH3 is 2. The highest BCUT2D eigenvalue weighted by Gasteiger charge is 2.01. The van der Waals surface area contributed by atoms with Crippen LogP contribution in [0, 0.1) is 0 Å². The van der Waals surface area contributed by atoms with Crippen LogP contribution < -0.4 is 19.9 Å². The van der Waals surface area contributed by atoms with Crippen molar-refractivity contribution in [1.82, 2.24) is 0 Å². The van der Waals surface area contributed by atoms with Gasteiger partial charge in [-0.2, -0.15) is 0 Å². The quantitative estimate of drug-likeness (QED) is 0.651. The summed E-state index contributed by atoms with van der Waals surface area (Å²) in [6, 6.07) is 12.8. The van der Waals surface area contributed by atoms with Gasteiger partial charge in [0.15, 0.2) is 0 Å². The van der Waals surface area contributed by atoms with Gasteiger partial charge in [0.25, 0.3) is 0 Å². The number of nitrogens with two attached hydrogens (primary N) is 1. The van der Waals surface area contributed by atoms with Crippen LogP contribution in [0.2, 0.25) is 0 Å². The first-order valence-corrected chi connectivity index (χ1v) is 7.38. The third kappa shape index (κ3) is 5.31. The number of ether oxygens (including phenoxy) is 2. The maximum Gasteiger partial charge on any atom is 0.150 e. The maximum atomic E-state index is 10.2. The zero-order chi connectivity index (χ0) is 16.4. The lowest BCUT2D eigenvalue weighted by Crippen LogP contribution is -1.92. The number of carbonyl (C=O) groups is 1. The number of nitrogens with one attached hydrogen (secondary N) is 1. The number of aldehydes is 1. The number of carbonyl (C=O) groups excluding carboxylic acids is 1. The molecule has 0 saturated carbocycles. The molecule has 0 saturated heterocycles. The van der Waals surface area contributed by atoms with Crippen molar-refractivity contribution in [3.05, 3.63) is 48.0 Å². The molecule has 22 heavy (non-hydrogen) atoms. The Morgan fingerprint density at radius 2 is 1.91 bits per heavy atom. The minimum absolute atomic E-state index is 0.638. The van der Waals surface area contributed by atoms with E-state index in [1.54, 1.807) is 38.5 Å². The second-order valence-electron chi connectivity index (χ2n) is 4.13. The van der Waals surface area contributed by atoms with Gasteiger partial charge in [-0.05, 0) is 36.2 Å². The molecule has 0 spiro atoms. The molecule has 0 fully saturated rings. The molecule has 0 aliphatic rings. The highest BCUT2D eigenvalue weighted by molar-refractivity contribution is 7.97. The van der Waals surface area contributed by atoms with Gasteiger partial charge in [0.1, 0.15) is 17.8 Å². The summed E-state index contributed by atoms with van der Waals surface area (Å²) in [5.41, 5.74) is 1.66. The summed E-state index contributed by atoms with van der Waals surface area (Å²) in [5.74, 6) is 1.51. The van der Waals surface area contributed by atoms with Gasteiger partial charge in [0, 0.05) is 24.4 Å². The number of benzene rings is 2. The van der Waals surface area contributed by atoms with Crippen molar-refractivity contribution >= 4 is 23.9 Å². The minimum atomic E-state index is 0.638. The van der Waals surface area contributed by atoms with Gasteiger partial charge in [0.05, 0.1) is 19.1 Å². The molecule has 5 nitrogen and oxygen atoms in total. The zero-order valence-corrected chi connectivity index (χ0v) is 13.6. The van der Waals surface area contributed by atoms with E-state index < -0.39 is 0 Å². The van der Waals surface area contributed by atoms with Crippen molar-refractivity contribution in [2.24, 2.45) is 5.14 Å². The summed E-state index contributed by atoms with van der Waals surface area (Å²) < 4.78 is 10.0. The van der Waals surface area contributed by atoms with Gasteiger partial charge >= 0.3 is 0 Å². The van der Waals surface area contributed by atoms with Crippen LogP contribution in [0.1, 0.15) is 10.4 Å². The second-order valence-corrected chi connectivity index (χ2v) is 4.80. The lowest BCUT2D eigenvalue weighted by atomic mass is 10.2. The molecule has 2 aromatic rings. The first kappa shape index (κ1) is 17.9. The van der Waals surface area contributed by atoms with Crippen LogP contribution >= 0.6 is 11.9 Å². The molecule has 0 aliphatic heterocycles. The Balaban J connectivity index is 0.000000224. The Morgan fingerprint density at radius 3 is 2.45 bits per heavy atom. The third-order valence-electron chi connectivity index (χ3n) is 2.81. The van der Waals surface area contributed by atoms with Crippen molar-refractivity contribution < 1.29 is 14.3 Å². The van der Waals surface area contributed by atoms with Gasteiger partial charge in [-0.15, -0.1) is 0 Å². The van der Waals surface area contributed by atoms with Crippen molar-refractivity contribution in [3.63, 3.8) is 0 Å². The number of anilines is 1. The molecule has 0 atom stereocenters. The summed E-state index contributed by atoms with van der Waals surface area (Å²) >= 11 is 1.19. The molecule has 3 N–H and O–H groups in total. The van der Waals surface area contributed by atoms with E-state index in [0.29, 0.717) is 11.3 Å². The van der Waals surface area contributed by atoms with Crippen LogP contribution in [-0.2, 0) is 0 Å². The highest BCUT2D eigenvalue weighted by atomic mass is 32.2. The standard InChI is InChI=1S/C8H12N2OS.C8H8O2/c1-10-6-3-4-8(12-9)7(5-6)11-2;1-10-8-4-2-3-7(5-8)6-9/h3-5,10H,9H2,1-2H3;2-6H,1H3. The first-order valence-electron chi connectivity index (χ1n) is 6.50. The average molecular weight is 320 g/mol. The van der Waals surface area contributed by atoms with E-state index in [1.807, 2.05) is 25.2 Å². The van der Waals surface area contributed by atoms with Gasteiger partial charge in [-0.3, -0.25) is 9.93 Å². The SMILES string of the molecule is CNc1ccc(SN)c(OC)c1.COc1cccc(C=O)c1. The lowest BCUT2D eigenvalue weighted by Gasteiger charge is -2.07. The Kier molecular flexibility index (Phi) is 7.88. The molecule has 2 aromatic carbocycles. The molecular formula is C16H20N2O3S. The molecule has 2 rings (SSSR count). The van der Waals surface area contributed by atoms with Crippen LogP contribution in [-0.4, -0.2) is 27.6 Å². The Morgan fingerprint density at radius 1 is 1.14 bits per heavy atom. The second kappa shape index (κ2) is 9.70. The largest absolute Gasteiger partial charge is 0.497 e. The van der Waals surface area contributed by atoms with Crippen LogP contribution in [0.15, 0.2) is 47.4 Å². The normalized spacial score (nSPS) is 9.27. The molecular weight excluding hydrogens is 300 g/mol. The zero-order valence-electron chi connectivity index (χ0n) is 12.8. The first-order chi connectivity index (χ1) is 10.7. The number of rotatable bonds is 5. The van der Waals surface area contributed by atoms with E-state index >= 15 is 0 Å². The van der Waals surface area contributed by atoms with Crippen LogP contribution in [0.3, 0.4) is 0 Å². The fourth-order valence-corrected chi connectivity index (χ4v) is 2.04. The van der Waals surface area contributed by atoms with E-state index in [0.717, 1.165) is 22.6 Å². The molecule has 0 bridgehead atoms. The van der Waals surface area contributed by atoms with Crippen molar-refractivity contribution in [2.75, 3.05) is 26.6 Å². The van der Waals surface area contributed by atoms with E-state index in [1.165, 1.54) is 11.9 Å². The smallest absolute Gasteiger partial charge is 0.150 e. The summed E-state index contributed by atoms with van der Waals surface area (Å²) in [6.07, 6.45) is 0.794. The highest BCUT2D eigenvalue weighted by Crippen LogP contribution is 2.28. The fraction of sp³-hybridized carbons (Fsp3) is 0.188. The van der Waals surface area contributed by atoms with Crippen molar-refractivity contribution in [3.8, 4) is 11.5 Å². The average Bonchev–Trinajstić information content (AvgIpc) is 2.61. The Hall–Kier alpha value is -2.18. The van der Waals surface area contributed by atoms with Gasteiger partial charge in [-0.1, -0.05) is 12.1 Å². The molecule has 0 radical (unpaired) electrons. The molecule has 118 valence electrons. The van der Waals surface area contributed by atoms with Crippen LogP contribution in [0.4, 0.5) is 5.69 Å². The van der Waals surface area contributed by atoms with Gasteiger partial charge < -0.3 is 14.8 Å². The fourth-order valence-electron chi connectivity index (χ4n) is 1.64. The molecule has 6 heteroatoms. The van der Waals surface area contributed by atoms with Crippen LogP contribution in [0.25, 0.3) is 0 Å². The predicted octanol–water partition coefficient (Wildman–Crippen LogP) is 3.21. The van der Waals surface area contributed by atoms with E-state index in [4.69, 9.17) is 14.6 Å². The third-order valence-corrected chi connectivity index (χ3v) is 3.40. The minimum Gasteiger partial charge on any atom is -0.497 e. The molecule has 0 aliphatic carbocycles. The Labute approximate surface area is 134 Å². The Bertz CT molecular complexity index is 606. The summed E-state index contributed by atoms with van der Waals surface area (Å²) in [7, 11) is 5.07. The predicted molar refractivity (Wildman–Crippen MR) is 91.0 cm³/mol.